The van der Waals surface area contributed by atoms with E-state index in [0.29, 0.717) is 5.39 Å². The average molecular weight is 498 g/mol. The quantitative estimate of drug-likeness (QED) is 0.529. The summed E-state index contributed by atoms with van der Waals surface area (Å²) in [4.78, 5) is -0.203. The van der Waals surface area contributed by atoms with Crippen LogP contribution in [0.15, 0.2) is 47.4 Å². The monoisotopic (exact) mass is 497 g/mol. The fourth-order valence-corrected chi connectivity index (χ4v) is 12.7. The Bertz CT molecular complexity index is 1090. The molecule has 0 heterocycles. The second-order valence-electron chi connectivity index (χ2n) is 5.96. The maximum atomic E-state index is 13.4. The van der Waals surface area contributed by atoms with E-state index in [1.54, 1.807) is 6.07 Å². The molecule has 0 aliphatic heterocycles. The highest BCUT2D eigenvalue weighted by molar-refractivity contribution is 8.41. The van der Waals surface area contributed by atoms with Crippen LogP contribution in [0.4, 0.5) is 26.3 Å². The van der Waals surface area contributed by atoms with Gasteiger partial charge >= 0.3 is 31.1 Å². The van der Waals surface area contributed by atoms with Gasteiger partial charge in [-0.15, -0.1) is 10.2 Å². The van der Waals surface area contributed by atoms with Crippen molar-refractivity contribution in [3.63, 3.8) is 0 Å². The molecule has 0 fully saturated rings. The fraction of sp³-hybridized carbons (Fsp3) is 0.375. The zero-order valence-electron chi connectivity index (χ0n) is 15.5. The molecule has 170 valence electrons. The zero-order chi connectivity index (χ0) is 23.2. The Hall–Kier alpha value is -1.51. The highest BCUT2D eigenvalue weighted by Gasteiger charge is 2.66. The van der Waals surface area contributed by atoms with Crippen molar-refractivity contribution in [3.8, 4) is 0 Å². The van der Waals surface area contributed by atoms with Gasteiger partial charge in [0.2, 0.25) is 0 Å². The van der Waals surface area contributed by atoms with E-state index in [1.165, 1.54) is 30.3 Å². The van der Waals surface area contributed by atoms with Crippen LogP contribution in [0.3, 0.4) is 0 Å². The molecule has 14 heteroatoms. The van der Waals surface area contributed by atoms with E-state index in [4.69, 9.17) is 0 Å². The summed E-state index contributed by atoms with van der Waals surface area (Å²) >= 11 is 0. The van der Waals surface area contributed by atoms with Crippen LogP contribution in [0.2, 0.25) is 0 Å². The summed E-state index contributed by atoms with van der Waals surface area (Å²) in [6.45, 7) is 2.32. The first-order valence-electron chi connectivity index (χ1n) is 8.27. The minimum atomic E-state index is -6.92. The fourth-order valence-electron chi connectivity index (χ4n) is 3.01. The van der Waals surface area contributed by atoms with E-state index in [1.807, 2.05) is 0 Å². The Morgan fingerprint density at radius 1 is 0.733 bits per heavy atom. The summed E-state index contributed by atoms with van der Waals surface area (Å²) < 4.78 is 128. The molecule has 0 saturated carbocycles. The van der Waals surface area contributed by atoms with Crippen molar-refractivity contribution in [2.24, 2.45) is 0 Å². The SMILES string of the molecule is CCS(CC)(c1cccc2ccccc12)N(S(=O)(=O)C(F)(F)F)S(=O)(=O)C(F)(F)F. The number of hydrogen-bond donors (Lipinski definition) is 0. The van der Waals surface area contributed by atoms with Crippen molar-refractivity contribution in [2.45, 2.75) is 29.8 Å². The Balaban J connectivity index is 3.08. The van der Waals surface area contributed by atoms with Crippen LogP contribution >= 0.6 is 10.2 Å². The van der Waals surface area contributed by atoms with Crippen molar-refractivity contribution < 1.29 is 43.2 Å². The van der Waals surface area contributed by atoms with Gasteiger partial charge < -0.3 is 0 Å². The van der Waals surface area contributed by atoms with Gasteiger partial charge in [0.05, 0.1) is 0 Å². The van der Waals surface area contributed by atoms with Gasteiger partial charge in [-0.25, -0.2) is 16.8 Å². The molecule has 0 spiro atoms. The first kappa shape index (κ1) is 24.8. The molecule has 0 atom stereocenters. The lowest BCUT2D eigenvalue weighted by molar-refractivity contribution is -0.0505. The molecular weight excluding hydrogens is 480 g/mol. The van der Waals surface area contributed by atoms with E-state index >= 15 is 0 Å². The topological polar surface area (TPSA) is 71.5 Å². The standard InChI is InChI=1S/C16H17F6NO4S3/c1-3-28(4-2,14-11-7-9-12-8-5-6-10-13(12)14)23(29(24,25)15(17,18)19)30(26,27)16(20,21)22/h5-11H,3-4H2,1-2H3. The number of nitrogens with zero attached hydrogens (tertiary/aromatic N) is 1. The average Bonchev–Trinajstić information content (AvgIpc) is 2.63. The van der Waals surface area contributed by atoms with Gasteiger partial charge in [-0.1, -0.05) is 50.2 Å². The lowest BCUT2D eigenvalue weighted by Crippen LogP contribution is -2.51. The van der Waals surface area contributed by atoms with Gasteiger partial charge in [-0.3, -0.25) is 0 Å². The lowest BCUT2D eigenvalue weighted by atomic mass is 10.1. The molecule has 5 nitrogen and oxygen atoms in total. The summed E-state index contributed by atoms with van der Waals surface area (Å²) in [6.07, 6.45) is 0. The number of hydrogen-bond acceptors (Lipinski definition) is 4. The third-order valence-electron chi connectivity index (χ3n) is 4.38. The molecule has 0 unspecified atom stereocenters. The minimum Gasteiger partial charge on any atom is -0.201 e. The summed E-state index contributed by atoms with van der Waals surface area (Å²) in [5.74, 6) is -1.19. The molecule has 0 radical (unpaired) electrons. The summed E-state index contributed by atoms with van der Waals surface area (Å²) in [5.41, 5.74) is -12.5. The minimum absolute atomic E-state index is 0.165. The number of benzene rings is 2. The van der Waals surface area contributed by atoms with Crippen molar-refractivity contribution in [3.05, 3.63) is 42.5 Å². The van der Waals surface area contributed by atoms with Gasteiger partial charge in [0, 0.05) is 4.90 Å². The normalized spacial score (nSPS) is 15.0. The van der Waals surface area contributed by atoms with Crippen LogP contribution < -0.4 is 0 Å². The summed E-state index contributed by atoms with van der Waals surface area (Å²) in [7, 11) is -17.7. The zero-order valence-corrected chi connectivity index (χ0v) is 18.0. The van der Waals surface area contributed by atoms with Crippen molar-refractivity contribution in [2.75, 3.05) is 11.5 Å². The Morgan fingerprint density at radius 3 is 1.60 bits per heavy atom. The molecule has 0 bridgehead atoms. The van der Waals surface area contributed by atoms with Gasteiger partial charge in [-0.2, -0.15) is 26.3 Å². The predicted octanol–water partition coefficient (Wildman–Crippen LogP) is 4.96. The maximum absolute atomic E-state index is 13.4. The molecule has 2 aromatic rings. The lowest BCUT2D eigenvalue weighted by Gasteiger charge is -2.46. The smallest absolute Gasteiger partial charge is 0.201 e. The molecule has 2 rings (SSSR count). The molecule has 0 N–H and O–H groups in total. The van der Waals surface area contributed by atoms with E-state index in [2.05, 4.69) is 0 Å². The van der Waals surface area contributed by atoms with Crippen LogP contribution in [0.25, 0.3) is 10.8 Å². The number of fused-ring (bicyclic) bond motifs is 1. The molecule has 0 saturated heterocycles. The molecular formula is C16H17F6NO4S3. The third kappa shape index (κ3) is 3.78. The number of rotatable bonds is 6. The first-order chi connectivity index (χ1) is 13.6. The largest absolute Gasteiger partial charge is 0.513 e. The Morgan fingerprint density at radius 2 is 1.17 bits per heavy atom. The van der Waals surface area contributed by atoms with Crippen molar-refractivity contribution in [1.29, 1.82) is 0 Å². The van der Waals surface area contributed by atoms with E-state index in [-0.39, 0.29) is 10.3 Å². The first-order valence-corrected chi connectivity index (χ1v) is 13.1. The maximum Gasteiger partial charge on any atom is 0.513 e. The van der Waals surface area contributed by atoms with E-state index in [0.717, 1.165) is 19.9 Å². The molecule has 2 aromatic carbocycles. The summed E-state index contributed by atoms with van der Waals surface area (Å²) in [6, 6.07) is 9.94. The molecule has 0 aliphatic carbocycles. The van der Waals surface area contributed by atoms with Crippen LogP contribution in [0.5, 0.6) is 0 Å². The van der Waals surface area contributed by atoms with Crippen molar-refractivity contribution in [1.82, 2.24) is 3.12 Å². The van der Waals surface area contributed by atoms with Gasteiger partial charge in [0.15, 0.2) is 0 Å². The van der Waals surface area contributed by atoms with Crippen LogP contribution in [-0.2, 0) is 20.0 Å². The predicted molar refractivity (Wildman–Crippen MR) is 103 cm³/mol. The van der Waals surface area contributed by atoms with Gasteiger partial charge in [0.1, 0.15) is 0 Å². The van der Waals surface area contributed by atoms with Crippen molar-refractivity contribution >= 4 is 41.0 Å². The number of alkyl halides is 6. The molecule has 30 heavy (non-hydrogen) atoms. The Kier molecular flexibility index (Phi) is 6.50. The van der Waals surface area contributed by atoms with E-state index in [9.17, 15) is 43.2 Å². The third-order valence-corrected chi connectivity index (χ3v) is 14.1. The van der Waals surface area contributed by atoms with E-state index < -0.39 is 55.9 Å². The highest BCUT2D eigenvalue weighted by atomic mass is 32.4. The molecule has 0 amide bonds. The summed E-state index contributed by atoms with van der Waals surface area (Å²) in [5, 5.41) is 0.570. The second kappa shape index (κ2) is 7.88. The Labute approximate surface area is 171 Å². The highest BCUT2D eigenvalue weighted by Crippen LogP contribution is 2.65. The van der Waals surface area contributed by atoms with Crippen LogP contribution in [-0.4, -0.2) is 42.5 Å². The van der Waals surface area contributed by atoms with Gasteiger partial charge in [-0.05, 0) is 31.5 Å². The molecule has 0 aliphatic rings. The number of sulfonamides is 2. The number of halogens is 6. The van der Waals surface area contributed by atoms with Crippen LogP contribution in [0, 0.1) is 0 Å². The molecule has 0 aromatic heterocycles. The van der Waals surface area contributed by atoms with Crippen LogP contribution in [0.1, 0.15) is 13.8 Å². The van der Waals surface area contributed by atoms with Gasteiger partial charge in [0.25, 0.3) is 0 Å². The second-order valence-corrected chi connectivity index (χ2v) is 13.9.